The van der Waals surface area contributed by atoms with Crippen LogP contribution in [0.3, 0.4) is 0 Å². The van der Waals surface area contributed by atoms with E-state index in [1.165, 1.54) is 0 Å². The average Bonchev–Trinajstić information content (AvgIpc) is 3.41. The summed E-state index contributed by atoms with van der Waals surface area (Å²) in [6.45, 7) is 0. The van der Waals surface area contributed by atoms with Crippen LogP contribution in [-0.4, -0.2) is 23.3 Å². The molecule has 1 aromatic carbocycles. The molecule has 2 amide bonds. The van der Waals surface area contributed by atoms with Gasteiger partial charge in [0.25, 0.3) is 5.89 Å². The van der Waals surface area contributed by atoms with Crippen molar-refractivity contribution in [3.05, 3.63) is 45.9 Å². The lowest BCUT2D eigenvalue weighted by Crippen LogP contribution is -2.49. The zero-order chi connectivity index (χ0) is 20.3. The number of benzene rings is 1. The van der Waals surface area contributed by atoms with Gasteiger partial charge in [0.15, 0.2) is 0 Å². The molecule has 4 rings (SSSR count). The maximum absolute atomic E-state index is 12.8. The monoisotopic (exact) mass is 432 g/mol. The Labute approximate surface area is 177 Å². The van der Waals surface area contributed by atoms with Crippen molar-refractivity contribution in [1.29, 1.82) is 0 Å². The minimum Gasteiger partial charge on any atom is -0.495 e. The van der Waals surface area contributed by atoms with E-state index in [-0.39, 0.29) is 6.03 Å². The Bertz CT molecular complexity index is 984. The third kappa shape index (κ3) is 4.23. The highest BCUT2D eigenvalue weighted by molar-refractivity contribution is 7.08. The molecule has 1 aliphatic carbocycles. The summed E-state index contributed by atoms with van der Waals surface area (Å²) in [6.07, 6.45) is 4.56. The smallest absolute Gasteiger partial charge is 0.320 e. The van der Waals surface area contributed by atoms with Crippen LogP contribution < -0.4 is 15.4 Å². The average molecular weight is 433 g/mol. The Kier molecular flexibility index (Phi) is 5.73. The molecule has 3 aromatic rings. The Hall–Kier alpha value is -2.58. The molecule has 0 aliphatic heterocycles. The van der Waals surface area contributed by atoms with Crippen molar-refractivity contribution < 1.29 is 14.1 Å². The van der Waals surface area contributed by atoms with Gasteiger partial charge < -0.3 is 19.9 Å². The quantitative estimate of drug-likeness (QED) is 0.560. The number of anilines is 1. The second-order valence-corrected chi connectivity index (χ2v) is 8.19. The van der Waals surface area contributed by atoms with Gasteiger partial charge in [-0.15, -0.1) is 0 Å². The first kappa shape index (κ1) is 19.7. The number of methoxy groups -OCH3 is 1. The third-order valence-corrected chi connectivity index (χ3v) is 6.06. The first-order valence-corrected chi connectivity index (χ1v) is 10.7. The van der Waals surface area contributed by atoms with E-state index in [0.717, 1.165) is 37.7 Å². The number of ether oxygens (including phenoxy) is 1. The lowest BCUT2D eigenvalue weighted by Gasteiger charge is -2.34. The summed E-state index contributed by atoms with van der Waals surface area (Å²) in [5, 5.41) is 14.4. The standard InChI is InChI=1S/C20H21ClN4O3S/c1-27-16-6-5-14(11-15(16)21)22-19(26)24-20(8-3-2-4-9-20)18-23-17(25-28-18)13-7-10-29-12-13/h5-7,10-12H,2-4,8-9H2,1H3,(H2,22,24,26). The molecular weight excluding hydrogens is 412 g/mol. The van der Waals surface area contributed by atoms with Crippen LogP contribution in [-0.2, 0) is 5.54 Å². The molecule has 1 saturated carbocycles. The number of nitrogens with zero attached hydrogens (tertiary/aromatic N) is 2. The highest BCUT2D eigenvalue weighted by Gasteiger charge is 2.41. The van der Waals surface area contributed by atoms with Crippen LogP contribution in [0.5, 0.6) is 5.75 Å². The largest absolute Gasteiger partial charge is 0.495 e. The van der Waals surface area contributed by atoms with E-state index in [0.29, 0.717) is 28.2 Å². The number of carbonyl (C=O) groups excluding carboxylic acids is 1. The van der Waals surface area contributed by atoms with Crippen LogP contribution in [0.1, 0.15) is 38.0 Å². The molecule has 2 N–H and O–H groups in total. The normalized spacial score (nSPS) is 15.7. The SMILES string of the molecule is COc1ccc(NC(=O)NC2(c3nc(-c4ccsc4)no3)CCCCC2)cc1Cl. The lowest BCUT2D eigenvalue weighted by molar-refractivity contribution is 0.173. The summed E-state index contributed by atoms with van der Waals surface area (Å²) in [5.74, 6) is 1.53. The van der Waals surface area contributed by atoms with Crippen LogP contribution in [0.15, 0.2) is 39.5 Å². The van der Waals surface area contributed by atoms with Crippen molar-refractivity contribution in [2.75, 3.05) is 12.4 Å². The second kappa shape index (κ2) is 8.42. The number of urea groups is 1. The number of hydrogen-bond acceptors (Lipinski definition) is 6. The summed E-state index contributed by atoms with van der Waals surface area (Å²) >= 11 is 7.72. The summed E-state index contributed by atoms with van der Waals surface area (Å²) < 4.78 is 10.7. The number of halogens is 1. The minimum absolute atomic E-state index is 0.344. The van der Waals surface area contributed by atoms with Crippen molar-refractivity contribution >= 4 is 34.7 Å². The van der Waals surface area contributed by atoms with Crippen molar-refractivity contribution in [2.24, 2.45) is 0 Å². The fourth-order valence-corrected chi connectivity index (χ4v) is 4.49. The van der Waals surface area contributed by atoms with Crippen LogP contribution in [0.4, 0.5) is 10.5 Å². The molecule has 0 saturated heterocycles. The van der Waals surface area contributed by atoms with Gasteiger partial charge in [-0.3, -0.25) is 0 Å². The molecule has 2 aromatic heterocycles. The van der Waals surface area contributed by atoms with Gasteiger partial charge in [0.05, 0.1) is 12.1 Å². The van der Waals surface area contributed by atoms with E-state index in [1.807, 2.05) is 16.8 Å². The second-order valence-electron chi connectivity index (χ2n) is 7.01. The Morgan fingerprint density at radius 3 is 2.79 bits per heavy atom. The van der Waals surface area contributed by atoms with E-state index < -0.39 is 5.54 Å². The van der Waals surface area contributed by atoms with Gasteiger partial charge in [0.2, 0.25) is 5.82 Å². The topological polar surface area (TPSA) is 89.3 Å². The maximum atomic E-state index is 12.8. The van der Waals surface area contributed by atoms with E-state index >= 15 is 0 Å². The van der Waals surface area contributed by atoms with Gasteiger partial charge in [0.1, 0.15) is 11.3 Å². The number of hydrogen-bond donors (Lipinski definition) is 2. The molecule has 1 aliphatic rings. The molecule has 9 heteroatoms. The third-order valence-electron chi connectivity index (χ3n) is 5.08. The van der Waals surface area contributed by atoms with E-state index in [2.05, 4.69) is 20.8 Å². The van der Waals surface area contributed by atoms with Crippen LogP contribution in [0.25, 0.3) is 11.4 Å². The van der Waals surface area contributed by atoms with Gasteiger partial charge in [0, 0.05) is 16.6 Å². The van der Waals surface area contributed by atoms with Gasteiger partial charge in [-0.1, -0.05) is 36.0 Å². The van der Waals surface area contributed by atoms with Crippen LogP contribution >= 0.6 is 22.9 Å². The number of carbonyl (C=O) groups is 1. The number of amides is 2. The Morgan fingerprint density at radius 2 is 2.10 bits per heavy atom. The molecule has 0 radical (unpaired) electrons. The molecule has 0 unspecified atom stereocenters. The summed E-state index contributed by atoms with van der Waals surface area (Å²) in [7, 11) is 1.54. The Morgan fingerprint density at radius 1 is 1.28 bits per heavy atom. The molecule has 29 heavy (non-hydrogen) atoms. The van der Waals surface area contributed by atoms with Crippen LogP contribution in [0.2, 0.25) is 5.02 Å². The number of thiophene rings is 1. The van der Waals surface area contributed by atoms with Crippen molar-refractivity contribution in [3.63, 3.8) is 0 Å². The number of nitrogens with one attached hydrogen (secondary N) is 2. The van der Waals surface area contributed by atoms with E-state index in [4.69, 9.17) is 20.9 Å². The zero-order valence-corrected chi connectivity index (χ0v) is 17.5. The first-order valence-electron chi connectivity index (χ1n) is 9.39. The predicted molar refractivity (Wildman–Crippen MR) is 113 cm³/mol. The molecule has 1 fully saturated rings. The van der Waals surface area contributed by atoms with E-state index in [1.54, 1.807) is 36.6 Å². The molecular formula is C20H21ClN4O3S. The van der Waals surface area contributed by atoms with Gasteiger partial charge >= 0.3 is 6.03 Å². The maximum Gasteiger partial charge on any atom is 0.320 e. The van der Waals surface area contributed by atoms with E-state index in [9.17, 15) is 4.79 Å². The highest BCUT2D eigenvalue weighted by atomic mass is 35.5. The number of rotatable bonds is 5. The summed E-state index contributed by atoms with van der Waals surface area (Å²) in [5.41, 5.74) is 0.803. The van der Waals surface area contributed by atoms with Gasteiger partial charge in [-0.2, -0.15) is 16.3 Å². The lowest BCUT2D eigenvalue weighted by atomic mass is 9.81. The predicted octanol–water partition coefficient (Wildman–Crippen LogP) is 5.44. The molecule has 2 heterocycles. The van der Waals surface area contributed by atoms with Gasteiger partial charge in [-0.05, 0) is 42.5 Å². The number of aromatic nitrogens is 2. The zero-order valence-electron chi connectivity index (χ0n) is 15.9. The molecule has 152 valence electrons. The first-order chi connectivity index (χ1) is 14.1. The molecule has 0 spiro atoms. The van der Waals surface area contributed by atoms with Crippen molar-refractivity contribution in [2.45, 2.75) is 37.6 Å². The molecule has 7 nitrogen and oxygen atoms in total. The summed E-state index contributed by atoms with van der Waals surface area (Å²) in [4.78, 5) is 17.4. The molecule has 0 atom stereocenters. The van der Waals surface area contributed by atoms with Crippen molar-refractivity contribution in [3.8, 4) is 17.1 Å². The minimum atomic E-state index is -0.681. The van der Waals surface area contributed by atoms with Crippen LogP contribution in [0, 0.1) is 0 Å². The fourth-order valence-electron chi connectivity index (χ4n) is 3.60. The summed E-state index contributed by atoms with van der Waals surface area (Å²) in [6, 6.07) is 6.69. The molecule has 0 bridgehead atoms. The van der Waals surface area contributed by atoms with Gasteiger partial charge in [-0.25, -0.2) is 4.79 Å². The highest BCUT2D eigenvalue weighted by Crippen LogP contribution is 2.37. The van der Waals surface area contributed by atoms with Crippen molar-refractivity contribution in [1.82, 2.24) is 15.5 Å². The Balaban J connectivity index is 1.54. The fraction of sp³-hybridized carbons (Fsp3) is 0.350.